The second kappa shape index (κ2) is 3.97. The van der Waals surface area contributed by atoms with E-state index in [1.807, 2.05) is 0 Å². The number of nitrogens with zero attached hydrogens (tertiary/aromatic N) is 1. The zero-order valence-corrected chi connectivity index (χ0v) is 8.83. The Bertz CT molecular complexity index is 167. The number of rotatable bonds is 4. The summed E-state index contributed by atoms with van der Waals surface area (Å²) < 4.78 is 5.54. The zero-order chi connectivity index (χ0) is 9.26. The van der Waals surface area contributed by atoms with Crippen LogP contribution in [-0.4, -0.2) is 36.7 Å². The third-order valence-corrected chi connectivity index (χ3v) is 3.52. The van der Waals surface area contributed by atoms with E-state index < -0.39 is 0 Å². The van der Waals surface area contributed by atoms with Gasteiger partial charge in [-0.1, -0.05) is 13.8 Å². The van der Waals surface area contributed by atoms with Crippen LogP contribution in [0.4, 0.5) is 0 Å². The van der Waals surface area contributed by atoms with Crippen molar-refractivity contribution in [3.05, 3.63) is 0 Å². The molecule has 2 nitrogen and oxygen atoms in total. The van der Waals surface area contributed by atoms with Gasteiger partial charge in [0.15, 0.2) is 0 Å². The van der Waals surface area contributed by atoms with Gasteiger partial charge in [0.1, 0.15) is 0 Å². The zero-order valence-electron chi connectivity index (χ0n) is 8.83. The fourth-order valence-corrected chi connectivity index (χ4v) is 2.50. The van der Waals surface area contributed by atoms with Gasteiger partial charge in [-0.15, -0.1) is 0 Å². The minimum absolute atomic E-state index is 0.648. The summed E-state index contributed by atoms with van der Waals surface area (Å²) in [6.45, 7) is 8.19. The second-order valence-electron chi connectivity index (χ2n) is 4.38. The Morgan fingerprint density at radius 3 is 2.54 bits per heavy atom. The Labute approximate surface area is 81.3 Å². The summed E-state index contributed by atoms with van der Waals surface area (Å²) in [6, 6.07) is 0. The van der Waals surface area contributed by atoms with Crippen LogP contribution in [0.5, 0.6) is 0 Å². The smallest absolute Gasteiger partial charge is 0.0845 e. The molecule has 0 aromatic rings. The molecule has 1 aliphatic carbocycles. The summed E-state index contributed by atoms with van der Waals surface area (Å²) >= 11 is 0. The standard InChI is InChI=1S/C11H21NO/c1-3-12(4-2)8-9-5-6-10-11(7-9)13-10/h9-11H,3-8H2,1-2H3. The van der Waals surface area contributed by atoms with Crippen molar-refractivity contribution < 1.29 is 4.74 Å². The third kappa shape index (κ3) is 2.23. The SMILES string of the molecule is CCN(CC)CC1CCC2OC2C1. The average molecular weight is 183 g/mol. The van der Waals surface area contributed by atoms with E-state index in [9.17, 15) is 0 Å². The summed E-state index contributed by atoms with van der Waals surface area (Å²) in [7, 11) is 0. The summed E-state index contributed by atoms with van der Waals surface area (Å²) in [5.41, 5.74) is 0. The van der Waals surface area contributed by atoms with Gasteiger partial charge in [-0.05, 0) is 38.3 Å². The van der Waals surface area contributed by atoms with Crippen molar-refractivity contribution in [2.45, 2.75) is 45.3 Å². The molecule has 0 aromatic heterocycles. The van der Waals surface area contributed by atoms with Crippen molar-refractivity contribution in [2.75, 3.05) is 19.6 Å². The minimum atomic E-state index is 0.648. The fraction of sp³-hybridized carbons (Fsp3) is 1.00. The van der Waals surface area contributed by atoms with E-state index in [-0.39, 0.29) is 0 Å². The highest BCUT2D eigenvalue weighted by Crippen LogP contribution is 2.39. The monoisotopic (exact) mass is 183 g/mol. The van der Waals surface area contributed by atoms with E-state index in [4.69, 9.17) is 4.74 Å². The Kier molecular flexibility index (Phi) is 2.89. The highest BCUT2D eigenvalue weighted by molar-refractivity contribution is 4.92. The molecule has 0 radical (unpaired) electrons. The summed E-state index contributed by atoms with van der Waals surface area (Å²) in [5, 5.41) is 0. The van der Waals surface area contributed by atoms with Crippen LogP contribution in [0.1, 0.15) is 33.1 Å². The Morgan fingerprint density at radius 1 is 1.15 bits per heavy atom. The maximum Gasteiger partial charge on any atom is 0.0845 e. The molecule has 13 heavy (non-hydrogen) atoms. The van der Waals surface area contributed by atoms with Crippen LogP contribution < -0.4 is 0 Å². The summed E-state index contributed by atoms with van der Waals surface area (Å²) in [6.07, 6.45) is 5.33. The maximum atomic E-state index is 5.54. The second-order valence-corrected chi connectivity index (χ2v) is 4.38. The molecule has 2 fully saturated rings. The van der Waals surface area contributed by atoms with E-state index in [0.29, 0.717) is 12.2 Å². The van der Waals surface area contributed by atoms with Crippen molar-refractivity contribution in [1.82, 2.24) is 4.90 Å². The van der Waals surface area contributed by atoms with Crippen molar-refractivity contribution in [3.8, 4) is 0 Å². The molecule has 1 saturated heterocycles. The Hall–Kier alpha value is -0.0800. The molecule has 0 aromatic carbocycles. The first kappa shape index (κ1) is 9.47. The van der Waals surface area contributed by atoms with E-state index >= 15 is 0 Å². The molecule has 0 bridgehead atoms. The molecule has 76 valence electrons. The first-order chi connectivity index (χ1) is 6.33. The van der Waals surface area contributed by atoms with Gasteiger partial charge in [0.05, 0.1) is 12.2 Å². The molecule has 3 atom stereocenters. The molecule has 2 heteroatoms. The van der Waals surface area contributed by atoms with E-state index in [1.54, 1.807) is 0 Å². The number of epoxide rings is 1. The quantitative estimate of drug-likeness (QED) is 0.619. The van der Waals surface area contributed by atoms with Crippen LogP contribution >= 0.6 is 0 Å². The van der Waals surface area contributed by atoms with Gasteiger partial charge >= 0.3 is 0 Å². The lowest BCUT2D eigenvalue weighted by molar-refractivity contribution is 0.224. The summed E-state index contributed by atoms with van der Waals surface area (Å²) in [4.78, 5) is 2.54. The van der Waals surface area contributed by atoms with Crippen LogP contribution in [-0.2, 0) is 4.74 Å². The van der Waals surface area contributed by atoms with Gasteiger partial charge in [-0.3, -0.25) is 0 Å². The first-order valence-corrected chi connectivity index (χ1v) is 5.71. The molecular formula is C11H21NO. The van der Waals surface area contributed by atoms with Gasteiger partial charge in [0, 0.05) is 6.54 Å². The number of fused-ring (bicyclic) bond motifs is 1. The molecule has 0 amide bonds. The molecule has 2 aliphatic rings. The van der Waals surface area contributed by atoms with Crippen molar-refractivity contribution in [1.29, 1.82) is 0 Å². The lowest BCUT2D eigenvalue weighted by Crippen LogP contribution is -2.31. The van der Waals surface area contributed by atoms with Crippen LogP contribution in [0.3, 0.4) is 0 Å². The fourth-order valence-electron chi connectivity index (χ4n) is 2.50. The van der Waals surface area contributed by atoms with E-state index in [0.717, 1.165) is 5.92 Å². The topological polar surface area (TPSA) is 15.8 Å². The number of hydrogen-bond donors (Lipinski definition) is 0. The summed E-state index contributed by atoms with van der Waals surface area (Å²) in [5.74, 6) is 0.906. The van der Waals surface area contributed by atoms with Crippen LogP contribution in [0.25, 0.3) is 0 Å². The molecule has 1 aliphatic heterocycles. The first-order valence-electron chi connectivity index (χ1n) is 5.71. The largest absolute Gasteiger partial charge is 0.370 e. The van der Waals surface area contributed by atoms with Gasteiger partial charge < -0.3 is 9.64 Å². The Morgan fingerprint density at radius 2 is 1.92 bits per heavy atom. The molecule has 0 spiro atoms. The maximum absolute atomic E-state index is 5.54. The molecule has 2 rings (SSSR count). The van der Waals surface area contributed by atoms with Gasteiger partial charge in [-0.2, -0.15) is 0 Å². The van der Waals surface area contributed by atoms with E-state index in [1.165, 1.54) is 38.9 Å². The van der Waals surface area contributed by atoms with E-state index in [2.05, 4.69) is 18.7 Å². The predicted octanol–water partition coefficient (Wildman–Crippen LogP) is 1.90. The number of hydrogen-bond acceptors (Lipinski definition) is 2. The third-order valence-electron chi connectivity index (χ3n) is 3.52. The molecule has 1 saturated carbocycles. The van der Waals surface area contributed by atoms with Gasteiger partial charge in [0.2, 0.25) is 0 Å². The predicted molar refractivity (Wildman–Crippen MR) is 53.8 cm³/mol. The highest BCUT2D eigenvalue weighted by atomic mass is 16.6. The van der Waals surface area contributed by atoms with Crippen LogP contribution in [0, 0.1) is 5.92 Å². The lowest BCUT2D eigenvalue weighted by Gasteiger charge is -2.26. The van der Waals surface area contributed by atoms with Crippen LogP contribution in [0.15, 0.2) is 0 Å². The number of ether oxygens (including phenoxy) is 1. The van der Waals surface area contributed by atoms with Crippen molar-refractivity contribution >= 4 is 0 Å². The van der Waals surface area contributed by atoms with Gasteiger partial charge in [0.25, 0.3) is 0 Å². The highest BCUT2D eigenvalue weighted by Gasteiger charge is 2.43. The molecule has 3 unspecified atom stereocenters. The molecule has 1 heterocycles. The normalized spacial score (nSPS) is 37.6. The van der Waals surface area contributed by atoms with Crippen molar-refractivity contribution in [2.24, 2.45) is 5.92 Å². The van der Waals surface area contributed by atoms with Crippen molar-refractivity contribution in [3.63, 3.8) is 0 Å². The lowest BCUT2D eigenvalue weighted by atomic mass is 9.89. The van der Waals surface area contributed by atoms with Crippen LogP contribution in [0.2, 0.25) is 0 Å². The average Bonchev–Trinajstić information content (AvgIpc) is 2.92. The molecular weight excluding hydrogens is 162 g/mol. The molecule has 0 N–H and O–H groups in total. The minimum Gasteiger partial charge on any atom is -0.370 e. The van der Waals surface area contributed by atoms with Gasteiger partial charge in [-0.25, -0.2) is 0 Å². The Balaban J connectivity index is 1.73.